The summed E-state index contributed by atoms with van der Waals surface area (Å²) in [5.41, 5.74) is 5.47. The number of hydrogen-bond acceptors (Lipinski definition) is 7. The first-order valence-corrected chi connectivity index (χ1v) is 15.6. The van der Waals surface area contributed by atoms with Crippen LogP contribution in [0.25, 0.3) is 0 Å². The largest absolute Gasteiger partial charge is 0.458 e. The molecule has 4 N–H and O–H groups in total. The maximum absolute atomic E-state index is 14.4. The zero-order valence-electron chi connectivity index (χ0n) is 28.6. The second-order valence-electron chi connectivity index (χ2n) is 13.3. The molecule has 4 atom stereocenters. The van der Waals surface area contributed by atoms with E-state index < -0.39 is 71.6 Å². The molecule has 0 saturated heterocycles. The summed E-state index contributed by atoms with van der Waals surface area (Å²) in [6, 6.07) is 11.1. The number of rotatable bonds is 13. The van der Waals surface area contributed by atoms with Crippen molar-refractivity contribution in [3.05, 3.63) is 71.3 Å². The Hall–Kier alpha value is -4.85. The highest BCUT2D eigenvalue weighted by Gasteiger charge is 2.40. The van der Waals surface area contributed by atoms with E-state index in [1.165, 1.54) is 4.90 Å². The number of nitrogens with zero attached hydrogens (tertiary/aromatic N) is 1. The Kier molecular flexibility index (Phi) is 13.6. The van der Waals surface area contributed by atoms with Gasteiger partial charge in [0.25, 0.3) is 0 Å². The van der Waals surface area contributed by atoms with Crippen molar-refractivity contribution in [2.24, 2.45) is 5.73 Å². The molecular formula is C36H48N4O7. The molecule has 0 fully saturated rings. The number of benzene rings is 2. The van der Waals surface area contributed by atoms with Crippen LogP contribution in [0.4, 0.5) is 4.79 Å². The van der Waals surface area contributed by atoms with Crippen LogP contribution in [-0.2, 0) is 35.1 Å². The summed E-state index contributed by atoms with van der Waals surface area (Å²) in [4.78, 5) is 68.4. The lowest BCUT2D eigenvalue weighted by molar-refractivity contribution is -0.159. The second kappa shape index (κ2) is 16.6. The molecule has 0 aromatic heterocycles. The molecule has 0 bridgehead atoms. The van der Waals surface area contributed by atoms with E-state index in [0.717, 1.165) is 5.56 Å². The van der Waals surface area contributed by atoms with Gasteiger partial charge in [-0.25, -0.2) is 9.59 Å². The molecule has 11 nitrogen and oxygen atoms in total. The van der Waals surface area contributed by atoms with Crippen LogP contribution in [0, 0.1) is 12.3 Å². The zero-order valence-corrected chi connectivity index (χ0v) is 28.6. The lowest BCUT2D eigenvalue weighted by Crippen LogP contribution is -2.57. The topological polar surface area (TPSA) is 157 Å². The van der Waals surface area contributed by atoms with Crippen molar-refractivity contribution in [1.29, 1.82) is 0 Å². The van der Waals surface area contributed by atoms with Crippen molar-refractivity contribution in [1.82, 2.24) is 15.5 Å². The van der Waals surface area contributed by atoms with Crippen LogP contribution in [0.2, 0.25) is 0 Å². The third-order valence-corrected chi connectivity index (χ3v) is 6.92. The smallest absolute Gasteiger partial charge is 0.408 e. The Morgan fingerprint density at radius 3 is 1.94 bits per heavy atom. The zero-order chi connectivity index (χ0) is 35.5. The van der Waals surface area contributed by atoms with E-state index >= 15 is 0 Å². The minimum absolute atomic E-state index is 0.117. The Morgan fingerprint density at radius 1 is 0.872 bits per heavy atom. The minimum Gasteiger partial charge on any atom is -0.458 e. The Bertz CT molecular complexity index is 1440. The number of ether oxygens (including phenoxy) is 2. The SMILES string of the molecule is C#Cc1ccc(C(C(=O)NC(Cc2ccccc2)C(=O)OC(C)(C)C)N(C(=O)C(CC(N)=O)NC(=O)OC(C)(C)C)C(C)CC)cc1. The van der Waals surface area contributed by atoms with E-state index in [1.807, 2.05) is 37.3 Å². The van der Waals surface area contributed by atoms with Gasteiger partial charge in [0, 0.05) is 18.0 Å². The minimum atomic E-state index is -1.46. The molecule has 0 aliphatic carbocycles. The molecule has 47 heavy (non-hydrogen) atoms. The normalized spacial score (nSPS) is 13.9. The summed E-state index contributed by atoms with van der Waals surface area (Å²) >= 11 is 0. The number of carbonyl (C=O) groups excluding carboxylic acids is 5. The Morgan fingerprint density at radius 2 is 1.45 bits per heavy atom. The fraction of sp³-hybridized carbons (Fsp3) is 0.472. The van der Waals surface area contributed by atoms with E-state index in [-0.39, 0.29) is 6.42 Å². The quantitative estimate of drug-likeness (QED) is 0.217. The molecule has 0 aliphatic rings. The third-order valence-electron chi connectivity index (χ3n) is 6.92. The van der Waals surface area contributed by atoms with Gasteiger partial charge in [-0.2, -0.15) is 0 Å². The molecule has 0 heterocycles. The summed E-state index contributed by atoms with van der Waals surface area (Å²) in [5, 5.41) is 5.29. The fourth-order valence-electron chi connectivity index (χ4n) is 4.69. The highest BCUT2D eigenvalue weighted by Crippen LogP contribution is 2.28. The highest BCUT2D eigenvalue weighted by atomic mass is 16.6. The van der Waals surface area contributed by atoms with Crippen LogP contribution < -0.4 is 16.4 Å². The molecule has 2 rings (SSSR count). The summed E-state index contributed by atoms with van der Waals surface area (Å²) < 4.78 is 11.0. The van der Waals surface area contributed by atoms with Gasteiger partial charge in [-0.1, -0.05) is 55.3 Å². The monoisotopic (exact) mass is 648 g/mol. The van der Waals surface area contributed by atoms with Gasteiger partial charge in [-0.15, -0.1) is 6.42 Å². The van der Waals surface area contributed by atoms with Gasteiger partial charge in [0.2, 0.25) is 17.7 Å². The number of hydrogen-bond donors (Lipinski definition) is 3. The fourth-order valence-corrected chi connectivity index (χ4v) is 4.69. The van der Waals surface area contributed by atoms with E-state index in [9.17, 15) is 24.0 Å². The van der Waals surface area contributed by atoms with Crippen LogP contribution in [0.5, 0.6) is 0 Å². The lowest BCUT2D eigenvalue weighted by Gasteiger charge is -2.38. The molecule has 0 radical (unpaired) electrons. The molecule has 0 spiro atoms. The predicted molar refractivity (Wildman–Crippen MR) is 179 cm³/mol. The molecule has 2 aromatic rings. The van der Waals surface area contributed by atoms with Gasteiger partial charge in [0.1, 0.15) is 29.3 Å². The number of esters is 1. The molecule has 4 unspecified atom stereocenters. The second-order valence-corrected chi connectivity index (χ2v) is 13.3. The molecule has 2 aromatic carbocycles. The lowest BCUT2D eigenvalue weighted by atomic mass is 9.97. The van der Waals surface area contributed by atoms with Gasteiger partial charge in [-0.05, 0) is 78.1 Å². The first-order valence-electron chi connectivity index (χ1n) is 15.6. The molecule has 4 amide bonds. The van der Waals surface area contributed by atoms with E-state index in [4.69, 9.17) is 21.6 Å². The number of alkyl carbamates (subject to hydrolysis) is 1. The van der Waals surface area contributed by atoms with Crippen molar-refractivity contribution in [3.8, 4) is 12.3 Å². The number of primary amides is 1. The highest BCUT2D eigenvalue weighted by molar-refractivity contribution is 5.96. The number of nitrogens with one attached hydrogen (secondary N) is 2. The van der Waals surface area contributed by atoms with E-state index in [2.05, 4.69) is 16.6 Å². The first-order chi connectivity index (χ1) is 21.8. The number of amides is 4. The number of carbonyl (C=O) groups is 5. The van der Waals surface area contributed by atoms with Crippen molar-refractivity contribution in [2.75, 3.05) is 0 Å². The van der Waals surface area contributed by atoms with Crippen molar-refractivity contribution in [3.63, 3.8) is 0 Å². The third kappa shape index (κ3) is 12.5. The van der Waals surface area contributed by atoms with E-state index in [0.29, 0.717) is 17.5 Å². The maximum atomic E-state index is 14.4. The van der Waals surface area contributed by atoms with Crippen LogP contribution in [0.15, 0.2) is 54.6 Å². The van der Waals surface area contributed by atoms with Crippen LogP contribution in [0.3, 0.4) is 0 Å². The molecular weight excluding hydrogens is 600 g/mol. The van der Waals surface area contributed by atoms with E-state index in [1.54, 1.807) is 72.7 Å². The average molecular weight is 649 g/mol. The Balaban J connectivity index is 2.67. The number of nitrogens with two attached hydrogens (primary N) is 1. The van der Waals surface area contributed by atoms with Crippen molar-refractivity contribution in [2.45, 2.75) is 110 Å². The summed E-state index contributed by atoms with van der Waals surface area (Å²) in [6.45, 7) is 13.7. The molecule has 11 heteroatoms. The maximum Gasteiger partial charge on any atom is 0.408 e. The average Bonchev–Trinajstić information content (AvgIpc) is 2.97. The van der Waals surface area contributed by atoms with Crippen molar-refractivity contribution < 1.29 is 33.4 Å². The summed E-state index contributed by atoms with van der Waals surface area (Å²) in [5.74, 6) is -0.413. The predicted octanol–water partition coefficient (Wildman–Crippen LogP) is 4.17. The van der Waals surface area contributed by atoms with Crippen LogP contribution >= 0.6 is 0 Å². The van der Waals surface area contributed by atoms with Gasteiger partial charge in [-0.3, -0.25) is 14.4 Å². The van der Waals surface area contributed by atoms with Crippen LogP contribution in [0.1, 0.15) is 91.0 Å². The summed E-state index contributed by atoms with van der Waals surface area (Å²) in [6.07, 6.45) is 4.60. The molecule has 0 saturated carbocycles. The number of terminal acetylenes is 1. The van der Waals surface area contributed by atoms with Crippen LogP contribution in [-0.4, -0.2) is 64.0 Å². The summed E-state index contributed by atoms with van der Waals surface area (Å²) in [7, 11) is 0. The molecule has 254 valence electrons. The molecule has 0 aliphatic heterocycles. The standard InChI is InChI=1S/C36H48N4O7/c1-10-23(3)40(32(43)27(22-29(37)41)39-34(45)47-36(7,8)9)30(26-19-17-24(11-2)18-20-26)31(42)38-28(33(44)46-35(4,5)6)21-25-15-13-12-14-16-25/h2,12-20,23,27-28,30H,10,21-22H2,1,3-9H3,(H2,37,41)(H,38,42)(H,39,45). The first kappa shape index (κ1) is 38.3. The Labute approximate surface area is 277 Å². The van der Waals surface area contributed by atoms with Gasteiger partial charge < -0.3 is 30.7 Å². The van der Waals surface area contributed by atoms with Crippen molar-refractivity contribution >= 4 is 29.8 Å². The van der Waals surface area contributed by atoms with Gasteiger partial charge >= 0.3 is 12.1 Å². The van der Waals surface area contributed by atoms with Gasteiger partial charge in [0.15, 0.2) is 0 Å². The van der Waals surface area contributed by atoms with Gasteiger partial charge in [0.05, 0.1) is 6.42 Å².